The highest BCUT2D eigenvalue weighted by atomic mass is 16.5. The van der Waals surface area contributed by atoms with Crippen molar-refractivity contribution in [2.24, 2.45) is 0 Å². The molecule has 112 valence electrons. The van der Waals surface area contributed by atoms with Crippen LogP contribution in [0.25, 0.3) is 11.4 Å². The molecule has 1 aromatic heterocycles. The van der Waals surface area contributed by atoms with Crippen LogP contribution in [0.3, 0.4) is 0 Å². The summed E-state index contributed by atoms with van der Waals surface area (Å²) in [4.78, 5) is 12.5. The lowest BCUT2D eigenvalue weighted by atomic mass is 10.0. The summed E-state index contributed by atoms with van der Waals surface area (Å²) in [6.07, 6.45) is 0.869. The van der Waals surface area contributed by atoms with E-state index in [0.29, 0.717) is 18.2 Å². The molecule has 0 aliphatic rings. The zero-order valence-electron chi connectivity index (χ0n) is 12.8. The number of hydrogen-bond donors (Lipinski definition) is 1. The molecule has 0 bridgehead atoms. The van der Waals surface area contributed by atoms with Gasteiger partial charge in [-0.3, -0.25) is 0 Å². The smallest absolute Gasteiger partial charge is 0.321 e. The molecule has 6 heteroatoms. The minimum Gasteiger partial charge on any atom is -0.496 e. The molecule has 6 nitrogen and oxygen atoms in total. The van der Waals surface area contributed by atoms with Gasteiger partial charge in [0.1, 0.15) is 5.75 Å². The van der Waals surface area contributed by atoms with Crippen molar-refractivity contribution in [2.45, 2.75) is 27.2 Å². The Morgan fingerprint density at radius 2 is 1.90 bits per heavy atom. The molecule has 0 amide bonds. The topological polar surface area (TPSA) is 83.2 Å². The molecule has 0 radical (unpaired) electrons. The highest BCUT2D eigenvalue weighted by molar-refractivity contribution is 5.69. The van der Waals surface area contributed by atoms with Crippen LogP contribution in [-0.4, -0.2) is 28.7 Å². The van der Waals surface area contributed by atoms with Crippen LogP contribution in [0.1, 0.15) is 24.5 Å². The number of aryl methyl sites for hydroxylation is 2. The number of nitrogen functional groups attached to an aromatic ring is 1. The largest absolute Gasteiger partial charge is 0.496 e. The molecule has 1 aromatic carbocycles. The van der Waals surface area contributed by atoms with Crippen molar-refractivity contribution in [3.8, 4) is 23.1 Å². The summed E-state index contributed by atoms with van der Waals surface area (Å²) < 4.78 is 10.9. The van der Waals surface area contributed by atoms with Gasteiger partial charge in [-0.2, -0.15) is 15.0 Å². The van der Waals surface area contributed by atoms with Crippen molar-refractivity contribution in [2.75, 3.05) is 19.5 Å². The average Bonchev–Trinajstić information content (AvgIpc) is 2.43. The quantitative estimate of drug-likeness (QED) is 0.910. The van der Waals surface area contributed by atoms with Gasteiger partial charge in [0.2, 0.25) is 5.95 Å². The minimum absolute atomic E-state index is 0.133. The summed E-state index contributed by atoms with van der Waals surface area (Å²) in [6, 6.07) is 4.22. The van der Waals surface area contributed by atoms with Crippen LogP contribution in [0.4, 0.5) is 5.95 Å². The summed E-state index contributed by atoms with van der Waals surface area (Å²) in [7, 11) is 1.62. The maximum Gasteiger partial charge on any atom is 0.321 e. The van der Waals surface area contributed by atoms with Crippen LogP contribution < -0.4 is 15.2 Å². The van der Waals surface area contributed by atoms with Crippen molar-refractivity contribution in [3.05, 3.63) is 23.3 Å². The molecular weight excluding hydrogens is 268 g/mol. The van der Waals surface area contributed by atoms with Gasteiger partial charge in [0.05, 0.1) is 19.3 Å². The molecule has 21 heavy (non-hydrogen) atoms. The normalized spacial score (nSPS) is 10.5. The molecule has 2 rings (SSSR count). The van der Waals surface area contributed by atoms with Crippen molar-refractivity contribution < 1.29 is 9.47 Å². The second-order valence-corrected chi connectivity index (χ2v) is 4.81. The molecule has 0 saturated heterocycles. The monoisotopic (exact) mass is 288 g/mol. The van der Waals surface area contributed by atoms with E-state index in [2.05, 4.69) is 15.0 Å². The first-order valence-corrected chi connectivity index (χ1v) is 6.85. The molecule has 0 spiro atoms. The minimum atomic E-state index is 0.133. The fourth-order valence-electron chi connectivity index (χ4n) is 2.12. The van der Waals surface area contributed by atoms with Gasteiger partial charge in [0, 0.05) is 0 Å². The third-order valence-corrected chi connectivity index (χ3v) is 2.95. The summed E-state index contributed by atoms with van der Waals surface area (Å²) in [6.45, 7) is 6.54. The van der Waals surface area contributed by atoms with Crippen LogP contribution >= 0.6 is 0 Å². The van der Waals surface area contributed by atoms with E-state index in [0.717, 1.165) is 23.1 Å². The summed E-state index contributed by atoms with van der Waals surface area (Å²) in [5.74, 6) is 1.30. The highest BCUT2D eigenvalue weighted by Gasteiger charge is 2.15. The molecule has 2 N–H and O–H groups in total. The number of hydrogen-bond acceptors (Lipinski definition) is 6. The van der Waals surface area contributed by atoms with Gasteiger partial charge in [-0.25, -0.2) is 0 Å². The zero-order chi connectivity index (χ0) is 15.4. The van der Waals surface area contributed by atoms with Crippen LogP contribution in [0.5, 0.6) is 11.8 Å². The van der Waals surface area contributed by atoms with Gasteiger partial charge in [-0.05, 0) is 37.5 Å². The number of aromatic nitrogens is 3. The standard InChI is InChI=1S/C15H20N4O2/c1-5-6-21-15-18-13(17-14(16)19-15)12-10(3)7-9(2)8-11(12)20-4/h7-8H,5-6H2,1-4H3,(H2,16,17,18,19). The first-order valence-electron chi connectivity index (χ1n) is 6.85. The Morgan fingerprint density at radius 1 is 1.14 bits per heavy atom. The lowest BCUT2D eigenvalue weighted by Crippen LogP contribution is -2.07. The van der Waals surface area contributed by atoms with Gasteiger partial charge >= 0.3 is 6.01 Å². The number of anilines is 1. The van der Waals surface area contributed by atoms with Gasteiger partial charge in [0.15, 0.2) is 5.82 Å². The lowest BCUT2D eigenvalue weighted by Gasteiger charge is -2.13. The van der Waals surface area contributed by atoms with Crippen LogP contribution in [0, 0.1) is 13.8 Å². The van der Waals surface area contributed by atoms with E-state index in [-0.39, 0.29) is 12.0 Å². The second-order valence-electron chi connectivity index (χ2n) is 4.81. The van der Waals surface area contributed by atoms with Crippen molar-refractivity contribution in [1.29, 1.82) is 0 Å². The van der Waals surface area contributed by atoms with Crippen molar-refractivity contribution >= 4 is 5.95 Å². The summed E-state index contributed by atoms with van der Waals surface area (Å²) in [5.41, 5.74) is 8.68. The van der Waals surface area contributed by atoms with Gasteiger partial charge in [-0.1, -0.05) is 13.0 Å². The summed E-state index contributed by atoms with van der Waals surface area (Å²) >= 11 is 0. The first kappa shape index (κ1) is 15.0. The number of nitrogens with zero attached hydrogens (tertiary/aromatic N) is 3. The number of benzene rings is 1. The van der Waals surface area contributed by atoms with Crippen LogP contribution in [0.15, 0.2) is 12.1 Å². The number of methoxy groups -OCH3 is 1. The van der Waals surface area contributed by atoms with Crippen molar-refractivity contribution in [3.63, 3.8) is 0 Å². The molecule has 0 unspecified atom stereocenters. The fourth-order valence-corrected chi connectivity index (χ4v) is 2.12. The third kappa shape index (κ3) is 3.39. The molecule has 1 heterocycles. The predicted octanol–water partition coefficient (Wildman–Crippen LogP) is 2.54. The lowest BCUT2D eigenvalue weighted by molar-refractivity contribution is 0.292. The Kier molecular flexibility index (Phi) is 4.57. The molecular formula is C15H20N4O2. The predicted molar refractivity (Wildman–Crippen MR) is 81.5 cm³/mol. The first-order chi connectivity index (χ1) is 10.0. The average molecular weight is 288 g/mol. The van der Waals surface area contributed by atoms with E-state index in [1.165, 1.54) is 0 Å². The molecule has 0 aliphatic heterocycles. The number of nitrogens with two attached hydrogens (primary N) is 1. The van der Waals surface area contributed by atoms with E-state index in [9.17, 15) is 0 Å². The summed E-state index contributed by atoms with van der Waals surface area (Å²) in [5, 5.41) is 0. The SMILES string of the molecule is CCCOc1nc(N)nc(-c2c(C)cc(C)cc2OC)n1. The molecule has 0 atom stereocenters. The van der Waals surface area contributed by atoms with Crippen LogP contribution in [-0.2, 0) is 0 Å². The third-order valence-electron chi connectivity index (χ3n) is 2.95. The molecule has 0 aliphatic carbocycles. The zero-order valence-corrected chi connectivity index (χ0v) is 12.8. The Bertz CT molecular complexity index is 644. The van der Waals surface area contributed by atoms with E-state index in [4.69, 9.17) is 15.2 Å². The number of rotatable bonds is 5. The van der Waals surface area contributed by atoms with E-state index in [1.807, 2.05) is 32.9 Å². The van der Waals surface area contributed by atoms with E-state index in [1.54, 1.807) is 7.11 Å². The van der Waals surface area contributed by atoms with Gasteiger partial charge in [0.25, 0.3) is 0 Å². The Labute approximate surface area is 124 Å². The Hall–Kier alpha value is -2.37. The highest BCUT2D eigenvalue weighted by Crippen LogP contribution is 2.32. The van der Waals surface area contributed by atoms with Crippen LogP contribution in [0.2, 0.25) is 0 Å². The van der Waals surface area contributed by atoms with E-state index >= 15 is 0 Å². The Balaban J connectivity index is 2.53. The van der Waals surface area contributed by atoms with Gasteiger partial charge in [-0.15, -0.1) is 0 Å². The Morgan fingerprint density at radius 3 is 2.57 bits per heavy atom. The van der Waals surface area contributed by atoms with Gasteiger partial charge < -0.3 is 15.2 Å². The molecule has 0 saturated carbocycles. The van der Waals surface area contributed by atoms with E-state index < -0.39 is 0 Å². The second kappa shape index (κ2) is 6.39. The molecule has 0 fully saturated rings. The van der Waals surface area contributed by atoms with Crippen molar-refractivity contribution in [1.82, 2.24) is 15.0 Å². The number of ether oxygens (including phenoxy) is 2. The maximum absolute atomic E-state index is 5.76. The fraction of sp³-hybridized carbons (Fsp3) is 0.400. The molecule has 2 aromatic rings. The maximum atomic E-state index is 5.76.